The van der Waals surface area contributed by atoms with Crippen LogP contribution in [0.15, 0.2) is 53.4 Å². The molecule has 0 unspecified atom stereocenters. The predicted octanol–water partition coefficient (Wildman–Crippen LogP) is 2.41. The van der Waals surface area contributed by atoms with Crippen molar-refractivity contribution in [3.63, 3.8) is 0 Å². The summed E-state index contributed by atoms with van der Waals surface area (Å²) in [6.45, 7) is 6.08. The van der Waals surface area contributed by atoms with Gasteiger partial charge in [0.1, 0.15) is 5.75 Å². The Balaban J connectivity index is 2.04. The molecule has 2 N–H and O–H groups in total. The molecule has 0 amide bonds. The Bertz CT molecular complexity index is 913. The zero-order valence-corrected chi connectivity index (χ0v) is 17.6. The Morgan fingerprint density at radius 3 is 2.39 bits per heavy atom. The first-order chi connectivity index (χ1) is 13.2. The predicted molar refractivity (Wildman–Crippen MR) is 111 cm³/mol. The molecule has 2 aromatic carbocycles. The largest absolute Gasteiger partial charge is 0.508 e. The van der Waals surface area contributed by atoms with Crippen LogP contribution in [-0.4, -0.2) is 62.0 Å². The Morgan fingerprint density at radius 2 is 1.79 bits per heavy atom. The Labute approximate surface area is 167 Å². The van der Waals surface area contributed by atoms with E-state index in [0.29, 0.717) is 12.1 Å². The summed E-state index contributed by atoms with van der Waals surface area (Å²) in [5.74, 6) is 0.227. The molecule has 152 valence electrons. The van der Waals surface area contributed by atoms with Gasteiger partial charge in [-0.2, -0.15) is 0 Å². The van der Waals surface area contributed by atoms with Gasteiger partial charge >= 0.3 is 0 Å². The van der Waals surface area contributed by atoms with Gasteiger partial charge in [0.25, 0.3) is 0 Å². The second-order valence-electron chi connectivity index (χ2n) is 7.71. The number of piperazine rings is 1. The van der Waals surface area contributed by atoms with Crippen molar-refractivity contribution in [3.05, 3.63) is 59.7 Å². The highest BCUT2D eigenvalue weighted by molar-refractivity contribution is 7.89. The van der Waals surface area contributed by atoms with E-state index in [1.54, 1.807) is 24.3 Å². The summed E-state index contributed by atoms with van der Waals surface area (Å²) in [5.41, 5.74) is 1.99. The van der Waals surface area contributed by atoms with Crippen molar-refractivity contribution in [2.45, 2.75) is 36.9 Å². The van der Waals surface area contributed by atoms with E-state index in [4.69, 9.17) is 0 Å². The summed E-state index contributed by atoms with van der Waals surface area (Å²) >= 11 is 0. The van der Waals surface area contributed by atoms with Crippen molar-refractivity contribution in [3.8, 4) is 5.75 Å². The molecule has 1 aliphatic heterocycles. The molecule has 1 saturated heterocycles. The summed E-state index contributed by atoms with van der Waals surface area (Å²) in [6.07, 6.45) is 0. The smallest absolute Gasteiger partial charge is 0.242 e. The number of aromatic hydroxyl groups is 1. The van der Waals surface area contributed by atoms with Crippen molar-refractivity contribution in [2.75, 3.05) is 27.2 Å². The standard InChI is InChI=1S/C21H29N3O3S/c1-15-14-24(16(2)13-22-15)21(18-6-5-7-19(25)12-18)17-8-10-20(11-9-17)28(26,27)23(3)4/h5-12,15-16,21-22,25H,13-14H2,1-4H3/t15-,16+,21+/m0/s1. The molecule has 0 spiro atoms. The summed E-state index contributed by atoms with van der Waals surface area (Å²) in [7, 11) is -0.405. The van der Waals surface area contributed by atoms with E-state index in [2.05, 4.69) is 24.1 Å². The number of nitrogens with zero attached hydrogens (tertiary/aromatic N) is 2. The fourth-order valence-corrected chi connectivity index (χ4v) is 4.61. The zero-order valence-electron chi connectivity index (χ0n) is 16.8. The molecule has 0 aliphatic carbocycles. The van der Waals surface area contributed by atoms with Gasteiger partial charge in [0.15, 0.2) is 0 Å². The van der Waals surface area contributed by atoms with Crippen LogP contribution in [0.2, 0.25) is 0 Å². The third-order valence-electron chi connectivity index (χ3n) is 5.30. The Morgan fingerprint density at radius 1 is 1.11 bits per heavy atom. The third-order valence-corrected chi connectivity index (χ3v) is 7.13. The van der Waals surface area contributed by atoms with Crippen LogP contribution < -0.4 is 5.32 Å². The van der Waals surface area contributed by atoms with E-state index >= 15 is 0 Å². The lowest BCUT2D eigenvalue weighted by molar-refractivity contribution is 0.113. The maximum Gasteiger partial charge on any atom is 0.242 e. The maximum absolute atomic E-state index is 12.4. The number of rotatable bonds is 5. The molecule has 1 aliphatic rings. The van der Waals surface area contributed by atoms with Crippen molar-refractivity contribution in [1.29, 1.82) is 0 Å². The van der Waals surface area contributed by atoms with Gasteiger partial charge in [0.2, 0.25) is 10.0 Å². The molecule has 3 rings (SSSR count). The van der Waals surface area contributed by atoms with Gasteiger partial charge in [-0.25, -0.2) is 12.7 Å². The van der Waals surface area contributed by atoms with Crippen LogP contribution in [0.5, 0.6) is 5.75 Å². The van der Waals surface area contributed by atoms with E-state index in [0.717, 1.165) is 24.2 Å². The number of nitrogens with one attached hydrogen (secondary N) is 1. The van der Waals surface area contributed by atoms with Crippen LogP contribution in [0, 0.1) is 0 Å². The molecule has 7 heteroatoms. The van der Waals surface area contributed by atoms with Gasteiger partial charge in [0.05, 0.1) is 10.9 Å². The topological polar surface area (TPSA) is 72.9 Å². The summed E-state index contributed by atoms with van der Waals surface area (Å²) < 4.78 is 26.0. The fourth-order valence-electron chi connectivity index (χ4n) is 3.71. The number of phenolic OH excluding ortho intramolecular Hbond substituents is 1. The van der Waals surface area contributed by atoms with Crippen LogP contribution in [0.3, 0.4) is 0 Å². The minimum absolute atomic E-state index is 0.0669. The first-order valence-corrected chi connectivity index (χ1v) is 10.9. The van der Waals surface area contributed by atoms with E-state index in [1.807, 2.05) is 24.3 Å². The second-order valence-corrected chi connectivity index (χ2v) is 9.86. The molecule has 0 radical (unpaired) electrons. The number of hydrogen-bond donors (Lipinski definition) is 2. The highest BCUT2D eigenvalue weighted by atomic mass is 32.2. The highest BCUT2D eigenvalue weighted by Gasteiger charge is 2.31. The van der Waals surface area contributed by atoms with Gasteiger partial charge in [0, 0.05) is 39.3 Å². The molecule has 1 fully saturated rings. The molecular weight excluding hydrogens is 374 g/mol. The van der Waals surface area contributed by atoms with Crippen molar-refractivity contribution in [1.82, 2.24) is 14.5 Å². The molecule has 1 heterocycles. The van der Waals surface area contributed by atoms with Gasteiger partial charge < -0.3 is 10.4 Å². The third kappa shape index (κ3) is 4.22. The summed E-state index contributed by atoms with van der Waals surface area (Å²) in [4.78, 5) is 2.68. The lowest BCUT2D eigenvalue weighted by Gasteiger charge is -2.43. The molecule has 2 aromatic rings. The molecule has 0 saturated carbocycles. The first-order valence-electron chi connectivity index (χ1n) is 9.50. The average Bonchev–Trinajstić information content (AvgIpc) is 2.65. The molecule has 3 atom stereocenters. The van der Waals surface area contributed by atoms with Gasteiger partial charge in [-0.1, -0.05) is 24.3 Å². The minimum atomic E-state index is -3.47. The van der Waals surface area contributed by atoms with Crippen LogP contribution in [0.1, 0.15) is 31.0 Å². The van der Waals surface area contributed by atoms with Crippen molar-refractivity contribution >= 4 is 10.0 Å². The normalized spacial score (nSPS) is 22.3. The minimum Gasteiger partial charge on any atom is -0.508 e. The van der Waals surface area contributed by atoms with Gasteiger partial charge in [-0.15, -0.1) is 0 Å². The van der Waals surface area contributed by atoms with Crippen LogP contribution in [0.4, 0.5) is 0 Å². The van der Waals surface area contributed by atoms with Crippen molar-refractivity contribution < 1.29 is 13.5 Å². The molecule has 28 heavy (non-hydrogen) atoms. The monoisotopic (exact) mass is 403 g/mol. The number of phenols is 1. The molecule has 6 nitrogen and oxygen atoms in total. The van der Waals surface area contributed by atoms with Crippen LogP contribution in [0.25, 0.3) is 0 Å². The second kappa shape index (κ2) is 8.21. The number of sulfonamides is 1. The van der Waals surface area contributed by atoms with E-state index in [-0.39, 0.29) is 16.7 Å². The summed E-state index contributed by atoms with van der Waals surface area (Å²) in [6, 6.07) is 15.0. The Kier molecular flexibility index (Phi) is 6.09. The SMILES string of the molecule is C[C@@H]1CN[C@@H](C)CN1[C@H](c1ccc(S(=O)(=O)N(C)C)cc1)c1cccc(O)c1. The van der Waals surface area contributed by atoms with E-state index in [9.17, 15) is 13.5 Å². The van der Waals surface area contributed by atoms with Crippen LogP contribution >= 0.6 is 0 Å². The van der Waals surface area contributed by atoms with E-state index in [1.165, 1.54) is 18.4 Å². The van der Waals surface area contributed by atoms with Gasteiger partial charge in [-0.3, -0.25) is 4.90 Å². The average molecular weight is 404 g/mol. The lowest BCUT2D eigenvalue weighted by Crippen LogP contribution is -2.55. The number of hydrogen-bond acceptors (Lipinski definition) is 5. The van der Waals surface area contributed by atoms with Crippen molar-refractivity contribution in [2.24, 2.45) is 0 Å². The van der Waals surface area contributed by atoms with Gasteiger partial charge in [-0.05, 0) is 49.2 Å². The quantitative estimate of drug-likeness (QED) is 0.802. The van der Waals surface area contributed by atoms with E-state index < -0.39 is 10.0 Å². The molecular formula is C21H29N3O3S. The highest BCUT2D eigenvalue weighted by Crippen LogP contribution is 2.33. The maximum atomic E-state index is 12.4. The zero-order chi connectivity index (χ0) is 20.5. The summed E-state index contributed by atoms with van der Waals surface area (Å²) in [5, 5.41) is 13.5. The fraction of sp³-hybridized carbons (Fsp3) is 0.429. The first kappa shape index (κ1) is 20.8. The number of benzene rings is 2. The lowest BCUT2D eigenvalue weighted by atomic mass is 9.94. The Hall–Kier alpha value is -1.93. The van der Waals surface area contributed by atoms with Crippen LogP contribution in [-0.2, 0) is 10.0 Å². The molecule has 0 bridgehead atoms. The molecule has 0 aromatic heterocycles.